The van der Waals surface area contributed by atoms with E-state index in [2.05, 4.69) is 18.7 Å². The van der Waals surface area contributed by atoms with E-state index >= 15 is 0 Å². The molecule has 4 nitrogen and oxygen atoms in total. The molecule has 1 aliphatic heterocycles. The van der Waals surface area contributed by atoms with Crippen LogP contribution in [0.2, 0.25) is 0 Å². The van der Waals surface area contributed by atoms with Crippen molar-refractivity contribution < 1.29 is 13.2 Å². The topological polar surface area (TPSA) is 46.6 Å². The number of rotatable bonds is 7. The van der Waals surface area contributed by atoms with E-state index in [1.807, 2.05) is 7.05 Å². The molecule has 0 bridgehead atoms. The zero-order chi connectivity index (χ0) is 16.9. The summed E-state index contributed by atoms with van der Waals surface area (Å²) in [6.07, 6.45) is 3.78. The first-order valence-electron chi connectivity index (χ1n) is 8.40. The van der Waals surface area contributed by atoms with Crippen LogP contribution in [0, 0.1) is 6.92 Å². The lowest BCUT2D eigenvalue weighted by Crippen LogP contribution is -2.47. The number of hydrogen-bond acceptors (Lipinski definition) is 4. The molecule has 5 heteroatoms. The molecule has 1 aromatic rings. The molecule has 0 aromatic heterocycles. The Hall–Kier alpha value is -1.07. The van der Waals surface area contributed by atoms with Gasteiger partial charge in [-0.25, -0.2) is 8.42 Å². The molecule has 2 rings (SSSR count). The Kier molecular flexibility index (Phi) is 6.09. The molecule has 0 aliphatic carbocycles. The predicted molar refractivity (Wildman–Crippen MR) is 93.5 cm³/mol. The summed E-state index contributed by atoms with van der Waals surface area (Å²) in [7, 11) is -1.35. The molecular weight excluding hydrogens is 310 g/mol. The average Bonchev–Trinajstić information content (AvgIpc) is 2.56. The van der Waals surface area contributed by atoms with Crippen molar-refractivity contribution in [1.82, 2.24) is 4.90 Å². The van der Waals surface area contributed by atoms with Gasteiger partial charge in [-0.05, 0) is 70.1 Å². The molecule has 23 heavy (non-hydrogen) atoms. The molecule has 0 amide bonds. The van der Waals surface area contributed by atoms with Crippen LogP contribution in [-0.4, -0.2) is 44.8 Å². The lowest BCUT2D eigenvalue weighted by atomic mass is 9.93. The summed E-state index contributed by atoms with van der Waals surface area (Å²) in [6.45, 7) is 8.31. The maximum Gasteiger partial charge on any atom is 0.184 e. The predicted octanol–water partition coefficient (Wildman–Crippen LogP) is 3.33. The first kappa shape index (κ1) is 18.3. The molecule has 1 aromatic carbocycles. The summed E-state index contributed by atoms with van der Waals surface area (Å²) in [6, 6.07) is 6.86. The first-order valence-corrected chi connectivity index (χ1v) is 9.89. The fourth-order valence-corrected chi connectivity index (χ4v) is 4.96. The van der Waals surface area contributed by atoms with Gasteiger partial charge in [0.1, 0.15) is 5.75 Å². The molecular formula is C18H28NO3S. The number of piperidine rings is 1. The van der Waals surface area contributed by atoms with Crippen LogP contribution in [0.3, 0.4) is 0 Å². The standard InChI is InChI=1S/C18H28NO3S/c1-4-6-15-22-16-7-9-17(10-8-16)23(20,21)18(5-2)11-13-19(3)14-12-18/h7-10H,2,4-6,11-15H2,1,3H3. The summed E-state index contributed by atoms with van der Waals surface area (Å²) in [5, 5.41) is 0. The Bertz CT molecular complexity index is 587. The van der Waals surface area contributed by atoms with Crippen LogP contribution < -0.4 is 4.74 Å². The molecule has 129 valence electrons. The molecule has 1 heterocycles. The van der Waals surface area contributed by atoms with Gasteiger partial charge in [0.25, 0.3) is 0 Å². The van der Waals surface area contributed by atoms with Crippen molar-refractivity contribution in [3.05, 3.63) is 31.2 Å². The summed E-state index contributed by atoms with van der Waals surface area (Å²) < 4.78 is 31.1. The fourth-order valence-electron chi connectivity index (χ4n) is 2.98. The van der Waals surface area contributed by atoms with Crippen LogP contribution in [0.1, 0.15) is 39.0 Å². The largest absolute Gasteiger partial charge is 0.494 e. The first-order chi connectivity index (χ1) is 10.9. The number of benzene rings is 1. The van der Waals surface area contributed by atoms with Gasteiger partial charge in [0.2, 0.25) is 0 Å². The molecule has 0 unspecified atom stereocenters. The second kappa shape index (κ2) is 7.67. The third kappa shape index (κ3) is 3.89. The number of unbranched alkanes of at least 4 members (excludes halogenated alkanes) is 1. The van der Waals surface area contributed by atoms with Crippen molar-refractivity contribution in [3.8, 4) is 5.75 Å². The van der Waals surface area contributed by atoms with Crippen molar-refractivity contribution in [2.24, 2.45) is 0 Å². The highest BCUT2D eigenvalue weighted by Gasteiger charge is 2.44. The smallest absolute Gasteiger partial charge is 0.184 e. The quantitative estimate of drug-likeness (QED) is 0.716. The molecule has 1 aliphatic rings. The zero-order valence-electron chi connectivity index (χ0n) is 14.3. The monoisotopic (exact) mass is 338 g/mol. The molecule has 0 spiro atoms. The Morgan fingerprint density at radius 2 is 1.83 bits per heavy atom. The van der Waals surface area contributed by atoms with Gasteiger partial charge < -0.3 is 9.64 Å². The number of hydrogen-bond donors (Lipinski definition) is 0. The third-order valence-corrected chi connectivity index (χ3v) is 7.47. The van der Waals surface area contributed by atoms with E-state index in [4.69, 9.17) is 4.74 Å². The van der Waals surface area contributed by atoms with E-state index in [1.54, 1.807) is 24.3 Å². The Balaban J connectivity index is 2.18. The van der Waals surface area contributed by atoms with Crippen LogP contribution >= 0.6 is 0 Å². The van der Waals surface area contributed by atoms with Crippen LogP contribution in [0.5, 0.6) is 5.75 Å². The van der Waals surface area contributed by atoms with Gasteiger partial charge in [-0.15, -0.1) is 0 Å². The van der Waals surface area contributed by atoms with Crippen LogP contribution in [0.15, 0.2) is 29.2 Å². The third-order valence-electron chi connectivity index (χ3n) is 4.82. The molecule has 0 N–H and O–H groups in total. The van der Waals surface area contributed by atoms with E-state index in [9.17, 15) is 8.42 Å². The van der Waals surface area contributed by atoms with E-state index < -0.39 is 14.6 Å². The summed E-state index contributed by atoms with van der Waals surface area (Å²) in [5.74, 6) is 0.726. The minimum Gasteiger partial charge on any atom is -0.494 e. The summed E-state index contributed by atoms with van der Waals surface area (Å²) >= 11 is 0. The van der Waals surface area contributed by atoms with Crippen molar-refractivity contribution >= 4 is 9.84 Å². The molecule has 0 atom stereocenters. The van der Waals surface area contributed by atoms with E-state index in [1.165, 1.54) is 0 Å². The summed E-state index contributed by atoms with van der Waals surface area (Å²) in [5.41, 5.74) is 0. The lowest BCUT2D eigenvalue weighted by Gasteiger charge is -2.39. The zero-order valence-corrected chi connectivity index (χ0v) is 15.1. The van der Waals surface area contributed by atoms with E-state index in [0.717, 1.165) is 31.7 Å². The van der Waals surface area contributed by atoms with Crippen LogP contribution in [-0.2, 0) is 9.84 Å². The SMILES string of the molecule is [CH2]CC1(S(=O)(=O)c2ccc(OCCCC)cc2)CCN(C)CC1. The fraction of sp³-hybridized carbons (Fsp3) is 0.611. The number of nitrogens with zero attached hydrogens (tertiary/aromatic N) is 1. The Morgan fingerprint density at radius 1 is 1.22 bits per heavy atom. The maximum atomic E-state index is 13.1. The van der Waals surface area contributed by atoms with Gasteiger partial charge in [0, 0.05) is 0 Å². The highest BCUT2D eigenvalue weighted by Crippen LogP contribution is 2.38. The highest BCUT2D eigenvalue weighted by atomic mass is 32.2. The number of sulfone groups is 1. The second-order valence-corrected chi connectivity index (χ2v) is 8.76. The molecule has 0 saturated carbocycles. The van der Waals surface area contributed by atoms with Gasteiger partial charge >= 0.3 is 0 Å². The maximum absolute atomic E-state index is 13.1. The van der Waals surface area contributed by atoms with Crippen LogP contribution in [0.25, 0.3) is 0 Å². The Labute approximate surface area is 140 Å². The van der Waals surface area contributed by atoms with Gasteiger partial charge in [0.05, 0.1) is 16.2 Å². The van der Waals surface area contributed by atoms with Crippen molar-refractivity contribution in [2.75, 3.05) is 26.7 Å². The van der Waals surface area contributed by atoms with E-state index in [0.29, 0.717) is 30.8 Å². The highest BCUT2D eigenvalue weighted by molar-refractivity contribution is 7.92. The average molecular weight is 338 g/mol. The lowest BCUT2D eigenvalue weighted by molar-refractivity contribution is 0.232. The van der Waals surface area contributed by atoms with Crippen LogP contribution in [0.4, 0.5) is 0 Å². The van der Waals surface area contributed by atoms with Crippen molar-refractivity contribution in [3.63, 3.8) is 0 Å². The van der Waals surface area contributed by atoms with Gasteiger partial charge in [-0.3, -0.25) is 0 Å². The molecule has 1 fully saturated rings. The number of ether oxygens (including phenoxy) is 1. The molecule has 1 radical (unpaired) electrons. The molecule has 1 saturated heterocycles. The van der Waals surface area contributed by atoms with Gasteiger partial charge in [-0.1, -0.05) is 20.3 Å². The van der Waals surface area contributed by atoms with E-state index in [-0.39, 0.29) is 0 Å². The minimum absolute atomic E-state index is 0.383. The second-order valence-electron chi connectivity index (χ2n) is 6.41. The normalized spacial score (nSPS) is 18.7. The van der Waals surface area contributed by atoms with Gasteiger partial charge in [0.15, 0.2) is 9.84 Å². The number of likely N-dealkylation sites (tertiary alicyclic amines) is 1. The minimum atomic E-state index is -3.38. The van der Waals surface area contributed by atoms with Crippen molar-refractivity contribution in [1.29, 1.82) is 0 Å². The van der Waals surface area contributed by atoms with Crippen molar-refractivity contribution in [2.45, 2.75) is 48.7 Å². The van der Waals surface area contributed by atoms with Gasteiger partial charge in [-0.2, -0.15) is 0 Å². The Morgan fingerprint density at radius 3 is 2.35 bits per heavy atom. The summed E-state index contributed by atoms with van der Waals surface area (Å²) in [4.78, 5) is 2.56.